The molecule has 0 spiro atoms. The first-order valence-electron chi connectivity index (χ1n) is 8.70. The molecule has 1 unspecified atom stereocenters. The molecule has 2 aromatic heterocycles. The van der Waals surface area contributed by atoms with Gasteiger partial charge in [-0.3, -0.25) is 14.3 Å². The van der Waals surface area contributed by atoms with Crippen molar-refractivity contribution in [3.63, 3.8) is 0 Å². The summed E-state index contributed by atoms with van der Waals surface area (Å²) in [5.74, 6) is 1.51. The van der Waals surface area contributed by atoms with Crippen molar-refractivity contribution in [1.29, 1.82) is 0 Å². The first kappa shape index (κ1) is 16.4. The second-order valence-corrected chi connectivity index (χ2v) is 6.51. The first-order valence-corrected chi connectivity index (χ1v) is 8.70. The molecule has 1 aliphatic heterocycles. The summed E-state index contributed by atoms with van der Waals surface area (Å²) in [6.45, 7) is 2.37. The van der Waals surface area contributed by atoms with E-state index in [1.807, 2.05) is 42.5 Å². The van der Waals surface area contributed by atoms with Crippen LogP contribution in [0.4, 0.5) is 5.82 Å². The molecule has 134 valence electrons. The molecule has 3 heterocycles. The minimum absolute atomic E-state index is 0.315. The highest BCUT2D eigenvalue weighted by molar-refractivity contribution is 5.44. The summed E-state index contributed by atoms with van der Waals surface area (Å²) < 4.78 is 7.03. The van der Waals surface area contributed by atoms with Crippen LogP contribution in [0.3, 0.4) is 0 Å². The highest BCUT2D eigenvalue weighted by Gasteiger charge is 2.25. The van der Waals surface area contributed by atoms with E-state index in [-0.39, 0.29) is 11.2 Å². The van der Waals surface area contributed by atoms with E-state index >= 15 is 0 Å². The molecule has 0 saturated carbocycles. The lowest BCUT2D eigenvalue weighted by atomic mass is 10.1. The van der Waals surface area contributed by atoms with Crippen LogP contribution in [0.5, 0.6) is 0 Å². The van der Waals surface area contributed by atoms with E-state index in [9.17, 15) is 9.59 Å². The number of rotatable bonds is 5. The number of furan rings is 1. The number of hydrogen-bond acceptors (Lipinski definition) is 4. The molecule has 1 aliphatic rings. The Hall–Kier alpha value is -3.06. The van der Waals surface area contributed by atoms with Gasteiger partial charge in [-0.2, -0.15) is 0 Å². The van der Waals surface area contributed by atoms with Crippen molar-refractivity contribution in [1.82, 2.24) is 9.55 Å². The molecule has 0 amide bonds. The Kier molecular flexibility index (Phi) is 4.45. The third kappa shape index (κ3) is 3.34. The number of aromatic nitrogens is 2. The molecule has 4 rings (SSSR count). The van der Waals surface area contributed by atoms with E-state index in [0.717, 1.165) is 22.6 Å². The average Bonchev–Trinajstić information content (AvgIpc) is 3.16. The maximum Gasteiger partial charge on any atom is 0.329 e. The molecule has 7 heteroatoms. The smallest absolute Gasteiger partial charge is 0.329 e. The Balaban J connectivity index is 1.57. The largest absolute Gasteiger partial charge is 0.463 e. The summed E-state index contributed by atoms with van der Waals surface area (Å²) in [5.41, 5.74) is 1.09. The van der Waals surface area contributed by atoms with Crippen molar-refractivity contribution < 1.29 is 9.32 Å². The zero-order valence-electron chi connectivity index (χ0n) is 14.3. The van der Waals surface area contributed by atoms with Crippen molar-refractivity contribution in [3.8, 4) is 0 Å². The van der Waals surface area contributed by atoms with Gasteiger partial charge < -0.3 is 14.6 Å². The van der Waals surface area contributed by atoms with Crippen molar-refractivity contribution in [2.45, 2.75) is 26.1 Å². The van der Waals surface area contributed by atoms with E-state index in [1.165, 1.54) is 0 Å². The van der Waals surface area contributed by atoms with Gasteiger partial charge in [0.15, 0.2) is 12.4 Å². The summed E-state index contributed by atoms with van der Waals surface area (Å²) in [6, 6.07) is 13.8. The van der Waals surface area contributed by atoms with Crippen molar-refractivity contribution in [2.24, 2.45) is 0 Å². The molecule has 1 atom stereocenters. The number of fused-ring (bicyclic) bond motifs is 1. The summed E-state index contributed by atoms with van der Waals surface area (Å²) in [4.78, 5) is 28.2. The first-order chi connectivity index (χ1) is 12.7. The van der Waals surface area contributed by atoms with E-state index in [1.54, 1.807) is 10.8 Å². The lowest BCUT2D eigenvalue weighted by molar-refractivity contribution is -0.926. The molecule has 3 N–H and O–H groups in total. The van der Waals surface area contributed by atoms with Gasteiger partial charge in [-0.1, -0.05) is 30.3 Å². The highest BCUT2D eigenvalue weighted by atomic mass is 16.3. The number of aromatic amines is 1. The molecule has 0 aliphatic carbocycles. The Morgan fingerprint density at radius 2 is 1.96 bits per heavy atom. The van der Waals surface area contributed by atoms with Crippen molar-refractivity contribution in [2.75, 3.05) is 12.0 Å². The number of benzene rings is 1. The fourth-order valence-electron chi connectivity index (χ4n) is 3.38. The maximum absolute atomic E-state index is 12.3. The monoisotopic (exact) mass is 353 g/mol. The van der Waals surface area contributed by atoms with Crippen molar-refractivity contribution in [3.05, 3.63) is 86.5 Å². The summed E-state index contributed by atoms with van der Waals surface area (Å²) in [6.07, 6.45) is 2.37. The fraction of sp³-hybridized carbons (Fsp3) is 0.263. The molecule has 7 nitrogen and oxygen atoms in total. The quantitative estimate of drug-likeness (QED) is 0.618. The van der Waals surface area contributed by atoms with Crippen LogP contribution < -0.4 is 21.5 Å². The summed E-state index contributed by atoms with van der Waals surface area (Å²) >= 11 is 0. The van der Waals surface area contributed by atoms with Gasteiger partial charge in [0.25, 0.3) is 5.56 Å². The molecule has 1 aromatic carbocycles. The van der Waals surface area contributed by atoms with E-state index in [4.69, 9.17) is 4.42 Å². The molecule has 3 aromatic rings. The minimum atomic E-state index is -0.369. The minimum Gasteiger partial charge on any atom is -0.463 e. The standard InChI is InChI=1S/C19H20N4O3/c24-18-16-12-22(11-15-7-4-10-26-15)13-20-17(16)23(19(25)21-18)9-8-14-5-2-1-3-6-14/h1-7,10,20H,8-9,11-13H2,(H,21,24,25)/p+1. The molecule has 0 bridgehead atoms. The van der Waals surface area contributed by atoms with Crippen LogP contribution in [-0.4, -0.2) is 16.2 Å². The predicted molar refractivity (Wildman–Crippen MR) is 97.0 cm³/mol. The van der Waals surface area contributed by atoms with Gasteiger partial charge in [-0.05, 0) is 24.1 Å². The van der Waals surface area contributed by atoms with Crippen LogP contribution >= 0.6 is 0 Å². The number of hydrogen-bond donors (Lipinski definition) is 3. The van der Waals surface area contributed by atoms with Crippen LogP contribution in [0.2, 0.25) is 0 Å². The summed E-state index contributed by atoms with van der Waals surface area (Å²) in [5, 5.41) is 3.28. The normalized spacial score (nSPS) is 16.1. The van der Waals surface area contributed by atoms with Crippen LogP contribution in [0.15, 0.2) is 62.7 Å². The predicted octanol–water partition coefficient (Wildman–Crippen LogP) is 0.340. The van der Waals surface area contributed by atoms with E-state index in [2.05, 4.69) is 10.3 Å². The Bertz CT molecular complexity index is 990. The van der Waals surface area contributed by atoms with Gasteiger partial charge in [0.05, 0.1) is 6.26 Å². The number of aryl methyl sites for hydroxylation is 1. The lowest BCUT2D eigenvalue weighted by Crippen LogP contribution is -3.11. The third-order valence-electron chi connectivity index (χ3n) is 4.70. The molecular formula is C19H21N4O3+. The topological polar surface area (TPSA) is 84.5 Å². The second-order valence-electron chi connectivity index (χ2n) is 6.51. The van der Waals surface area contributed by atoms with Crippen LogP contribution in [0.25, 0.3) is 0 Å². The second kappa shape index (κ2) is 7.05. The zero-order chi connectivity index (χ0) is 17.9. The van der Waals surface area contributed by atoms with E-state index < -0.39 is 0 Å². The van der Waals surface area contributed by atoms with E-state index in [0.29, 0.717) is 37.7 Å². The third-order valence-corrected chi connectivity index (χ3v) is 4.70. The summed E-state index contributed by atoms with van der Waals surface area (Å²) in [7, 11) is 0. The number of nitrogens with one attached hydrogen (secondary N) is 3. The van der Waals surface area contributed by atoms with Gasteiger partial charge in [0, 0.05) is 6.54 Å². The number of H-pyrrole nitrogens is 1. The molecule has 0 radical (unpaired) electrons. The number of nitrogens with zero attached hydrogens (tertiary/aromatic N) is 1. The molecular weight excluding hydrogens is 332 g/mol. The van der Waals surface area contributed by atoms with Gasteiger partial charge in [-0.15, -0.1) is 0 Å². The molecule has 0 fully saturated rings. The molecule has 0 saturated heterocycles. The van der Waals surface area contributed by atoms with Crippen molar-refractivity contribution >= 4 is 5.82 Å². The van der Waals surface area contributed by atoms with Gasteiger partial charge in [0.2, 0.25) is 0 Å². The SMILES string of the molecule is O=c1[nH]c(=O)n(CCc2ccccc2)c2c1C[NH+](Cc1ccco1)CN2. The van der Waals surface area contributed by atoms with Crippen LogP contribution in [0.1, 0.15) is 16.9 Å². The zero-order valence-corrected chi connectivity index (χ0v) is 14.3. The number of quaternary nitrogens is 1. The number of anilines is 1. The fourth-order valence-corrected chi connectivity index (χ4v) is 3.38. The highest BCUT2D eigenvalue weighted by Crippen LogP contribution is 2.12. The van der Waals surface area contributed by atoms with Crippen LogP contribution in [-0.2, 0) is 26.1 Å². The maximum atomic E-state index is 12.3. The Morgan fingerprint density at radius 3 is 2.73 bits per heavy atom. The van der Waals surface area contributed by atoms with Gasteiger partial charge >= 0.3 is 5.69 Å². The Morgan fingerprint density at radius 1 is 1.12 bits per heavy atom. The van der Waals surface area contributed by atoms with Gasteiger partial charge in [-0.25, -0.2) is 4.79 Å². The van der Waals surface area contributed by atoms with Crippen LogP contribution in [0, 0.1) is 0 Å². The Labute approximate surface area is 149 Å². The molecule has 26 heavy (non-hydrogen) atoms. The van der Waals surface area contributed by atoms with Gasteiger partial charge in [0.1, 0.15) is 24.5 Å². The average molecular weight is 353 g/mol. The lowest BCUT2D eigenvalue weighted by Gasteiger charge is -2.27.